The van der Waals surface area contributed by atoms with Gasteiger partial charge in [-0.25, -0.2) is 0 Å². The number of carbonyl (C=O) groups excluding carboxylic acids is 2. The highest BCUT2D eigenvalue weighted by atomic mass is 16.6. The van der Waals surface area contributed by atoms with Crippen molar-refractivity contribution < 1.29 is 29.3 Å². The molecule has 5 rings (SSSR count). The second-order valence-electron chi connectivity index (χ2n) is 15.5. The van der Waals surface area contributed by atoms with Crippen LogP contribution in [0.2, 0.25) is 0 Å². The number of allylic oxidation sites excluding steroid dienone is 2. The van der Waals surface area contributed by atoms with E-state index >= 15 is 0 Å². The minimum Gasteiger partial charge on any atom is -0.462 e. The summed E-state index contributed by atoms with van der Waals surface area (Å²) in [6.07, 6.45) is 8.87. The van der Waals surface area contributed by atoms with Crippen molar-refractivity contribution in [3.8, 4) is 0 Å². The van der Waals surface area contributed by atoms with Crippen molar-refractivity contribution in [3.63, 3.8) is 0 Å². The lowest BCUT2D eigenvalue weighted by Crippen LogP contribution is -2.58. The minimum absolute atomic E-state index is 0.0420. The molecule has 1 saturated heterocycles. The van der Waals surface area contributed by atoms with Crippen LogP contribution in [0.5, 0.6) is 0 Å². The van der Waals surface area contributed by atoms with E-state index in [0.717, 1.165) is 38.5 Å². The largest absolute Gasteiger partial charge is 0.462 e. The molecule has 1 aliphatic heterocycles. The first-order valence-corrected chi connectivity index (χ1v) is 14.9. The highest BCUT2D eigenvalue weighted by Gasteiger charge is 2.76. The number of carbonyl (C=O) groups is 2. The van der Waals surface area contributed by atoms with Crippen LogP contribution < -0.4 is 0 Å². The molecule has 0 bridgehead atoms. The molecule has 1 heterocycles. The summed E-state index contributed by atoms with van der Waals surface area (Å²) in [5.41, 5.74) is -1.04. The Morgan fingerprint density at radius 2 is 1.79 bits per heavy atom. The summed E-state index contributed by atoms with van der Waals surface area (Å²) in [5.74, 6) is 0.346. The van der Waals surface area contributed by atoms with Crippen LogP contribution in [0.4, 0.5) is 0 Å². The molecule has 4 fully saturated rings. The number of fused-ring (bicyclic) bond motifs is 4. The summed E-state index contributed by atoms with van der Waals surface area (Å²) in [7, 11) is 0. The van der Waals surface area contributed by atoms with Crippen LogP contribution in [0, 0.1) is 39.4 Å². The van der Waals surface area contributed by atoms with Gasteiger partial charge < -0.3 is 19.7 Å². The molecule has 1 unspecified atom stereocenters. The van der Waals surface area contributed by atoms with E-state index < -0.39 is 22.7 Å². The molecule has 0 aromatic heterocycles. The molecule has 0 radical (unpaired) electrons. The average molecular weight is 531 g/mol. The Hall–Kier alpha value is -1.40. The van der Waals surface area contributed by atoms with Crippen LogP contribution in [-0.4, -0.2) is 45.6 Å². The molecule has 1 spiro atoms. The number of cyclic esters (lactones) is 1. The molecule has 6 heteroatoms. The molecule has 2 N–H and O–H groups in total. The molecule has 0 aromatic rings. The molecule has 5 aliphatic rings. The van der Waals surface area contributed by atoms with Gasteiger partial charge in [-0.2, -0.15) is 0 Å². The zero-order chi connectivity index (χ0) is 28.1. The van der Waals surface area contributed by atoms with Crippen molar-refractivity contribution in [2.75, 3.05) is 0 Å². The number of hydrogen-bond acceptors (Lipinski definition) is 6. The van der Waals surface area contributed by atoms with E-state index in [1.165, 1.54) is 12.5 Å². The topological polar surface area (TPSA) is 93.1 Å². The lowest BCUT2D eigenvalue weighted by Gasteiger charge is -2.63. The maximum atomic E-state index is 14.1. The van der Waals surface area contributed by atoms with Gasteiger partial charge in [0.25, 0.3) is 0 Å². The number of hydrogen-bond donors (Lipinski definition) is 2. The number of ether oxygens (including phenoxy) is 2. The third kappa shape index (κ3) is 3.78. The summed E-state index contributed by atoms with van der Waals surface area (Å²) in [6.45, 7) is 16.1. The highest BCUT2D eigenvalue weighted by Crippen LogP contribution is 2.76. The minimum atomic E-state index is -1.00. The smallest absolute Gasteiger partial charge is 0.313 e. The quantitative estimate of drug-likeness (QED) is 0.348. The van der Waals surface area contributed by atoms with Crippen LogP contribution >= 0.6 is 0 Å². The van der Waals surface area contributed by atoms with Crippen molar-refractivity contribution in [2.45, 2.75) is 137 Å². The van der Waals surface area contributed by atoms with Crippen molar-refractivity contribution in [1.29, 1.82) is 0 Å². The number of esters is 2. The molecule has 214 valence electrons. The fourth-order valence-corrected chi connectivity index (χ4v) is 10.7. The number of aliphatic hydroxyl groups excluding tert-OH is 1. The fourth-order valence-electron chi connectivity index (χ4n) is 10.7. The Kier molecular flexibility index (Phi) is 6.33. The summed E-state index contributed by atoms with van der Waals surface area (Å²) >= 11 is 0. The standard InChI is InChI=1S/C32H50O6/c1-19(33)37-20(17-27(2,3)36)18-31(8)24-12-15-30(7)22-9-10-23-28(4,5)25(34)13-14-29(23,6)21(22)11-16-32(24,30)26(35)38-31/h11,20,22-25,34,36H,9-10,12-18H2,1-8H3/t20?,22-,23+,24-,25+,29-,30+,31+,32-/m1/s1. The van der Waals surface area contributed by atoms with Gasteiger partial charge in [0.15, 0.2) is 0 Å². The summed E-state index contributed by atoms with van der Waals surface area (Å²) in [4.78, 5) is 26.0. The Morgan fingerprint density at radius 3 is 2.42 bits per heavy atom. The molecule has 9 atom stereocenters. The van der Waals surface area contributed by atoms with E-state index in [1.54, 1.807) is 13.8 Å². The molecular weight excluding hydrogens is 480 g/mol. The van der Waals surface area contributed by atoms with Gasteiger partial charge in [-0.15, -0.1) is 0 Å². The van der Waals surface area contributed by atoms with E-state index in [1.807, 2.05) is 6.92 Å². The van der Waals surface area contributed by atoms with E-state index in [-0.39, 0.29) is 40.2 Å². The molecule has 38 heavy (non-hydrogen) atoms. The third-order valence-corrected chi connectivity index (χ3v) is 12.3. The fraction of sp³-hybridized carbons (Fsp3) is 0.875. The van der Waals surface area contributed by atoms with Crippen molar-refractivity contribution >= 4 is 11.9 Å². The molecule has 4 aliphatic carbocycles. The number of aliphatic hydroxyl groups is 2. The summed E-state index contributed by atoms with van der Waals surface area (Å²) < 4.78 is 12.0. The Balaban J connectivity index is 1.50. The average Bonchev–Trinajstić information content (AvgIpc) is 3.20. The lowest BCUT2D eigenvalue weighted by atomic mass is 9.41. The SMILES string of the molecule is CC(=O)OC(CC(C)(C)O)C[C@]1(C)OC(=O)[C@]23CC=C4[C@@H](CC[C@H]5C(C)(C)[C@@H](O)CC[C@]45C)[C@]2(C)CC[C@@H]31. The Labute approximate surface area is 228 Å². The normalized spacial score (nSPS) is 46.2. The second kappa shape index (κ2) is 8.55. The summed E-state index contributed by atoms with van der Waals surface area (Å²) in [5, 5.41) is 21.4. The first kappa shape index (κ1) is 28.1. The highest BCUT2D eigenvalue weighted by molar-refractivity contribution is 5.83. The predicted molar refractivity (Wildman–Crippen MR) is 145 cm³/mol. The lowest BCUT2D eigenvalue weighted by molar-refractivity contribution is -0.165. The maximum absolute atomic E-state index is 14.1. The monoisotopic (exact) mass is 530 g/mol. The van der Waals surface area contributed by atoms with E-state index in [2.05, 4.69) is 33.8 Å². The predicted octanol–water partition coefficient (Wildman–Crippen LogP) is 5.73. The van der Waals surface area contributed by atoms with Crippen LogP contribution in [0.15, 0.2) is 11.6 Å². The van der Waals surface area contributed by atoms with Crippen LogP contribution in [-0.2, 0) is 19.1 Å². The van der Waals surface area contributed by atoms with Gasteiger partial charge in [-0.3, -0.25) is 9.59 Å². The summed E-state index contributed by atoms with van der Waals surface area (Å²) in [6, 6.07) is 0. The first-order chi connectivity index (χ1) is 17.4. The second-order valence-corrected chi connectivity index (χ2v) is 15.5. The van der Waals surface area contributed by atoms with Crippen LogP contribution in [0.1, 0.15) is 113 Å². The zero-order valence-electron chi connectivity index (χ0n) is 24.9. The van der Waals surface area contributed by atoms with Crippen LogP contribution in [0.3, 0.4) is 0 Å². The van der Waals surface area contributed by atoms with E-state index in [9.17, 15) is 19.8 Å². The first-order valence-electron chi connectivity index (χ1n) is 14.9. The molecule has 0 aromatic carbocycles. The van der Waals surface area contributed by atoms with E-state index in [4.69, 9.17) is 9.47 Å². The third-order valence-electron chi connectivity index (χ3n) is 12.3. The van der Waals surface area contributed by atoms with E-state index in [0.29, 0.717) is 31.1 Å². The Morgan fingerprint density at radius 1 is 1.11 bits per heavy atom. The Bertz CT molecular complexity index is 1040. The van der Waals surface area contributed by atoms with Gasteiger partial charge in [0.1, 0.15) is 11.7 Å². The zero-order valence-corrected chi connectivity index (χ0v) is 24.9. The van der Waals surface area contributed by atoms with Crippen molar-refractivity contribution in [2.24, 2.45) is 39.4 Å². The molecule has 6 nitrogen and oxygen atoms in total. The van der Waals surface area contributed by atoms with Gasteiger partial charge >= 0.3 is 11.9 Å². The molecule has 0 amide bonds. The van der Waals surface area contributed by atoms with Crippen molar-refractivity contribution in [3.05, 3.63) is 11.6 Å². The van der Waals surface area contributed by atoms with Crippen LogP contribution in [0.25, 0.3) is 0 Å². The maximum Gasteiger partial charge on any atom is 0.313 e. The van der Waals surface area contributed by atoms with Gasteiger partial charge in [-0.05, 0) is 93.8 Å². The van der Waals surface area contributed by atoms with Crippen molar-refractivity contribution in [1.82, 2.24) is 0 Å². The molecular formula is C32H50O6. The van der Waals surface area contributed by atoms with Gasteiger partial charge in [0.2, 0.25) is 0 Å². The van der Waals surface area contributed by atoms with Gasteiger partial charge in [0.05, 0.1) is 17.1 Å². The van der Waals surface area contributed by atoms with Gasteiger partial charge in [-0.1, -0.05) is 39.3 Å². The number of rotatable bonds is 5. The molecule has 3 saturated carbocycles. The van der Waals surface area contributed by atoms with Gasteiger partial charge in [0, 0.05) is 25.7 Å².